The third kappa shape index (κ3) is 2.42. The quantitative estimate of drug-likeness (QED) is 0.778. The Morgan fingerprint density at radius 2 is 2.04 bits per heavy atom. The van der Waals surface area contributed by atoms with Crippen LogP contribution in [0.3, 0.4) is 0 Å². The first-order valence-electron chi connectivity index (χ1n) is 7.92. The Balaban J connectivity index is 1.54. The molecule has 7 heteroatoms. The molecule has 24 heavy (non-hydrogen) atoms. The van der Waals surface area contributed by atoms with Crippen molar-refractivity contribution in [1.29, 1.82) is 5.26 Å². The lowest BCUT2D eigenvalue weighted by molar-refractivity contribution is 0.394. The van der Waals surface area contributed by atoms with E-state index < -0.39 is 0 Å². The Labute approximate surface area is 138 Å². The largest absolute Gasteiger partial charge is 0.356 e. The number of rotatable bonds is 2. The molecule has 1 fully saturated rings. The van der Waals surface area contributed by atoms with Gasteiger partial charge in [-0.3, -0.25) is 4.57 Å². The summed E-state index contributed by atoms with van der Waals surface area (Å²) in [6.45, 7) is 1.63. The number of imidazole rings is 1. The molecule has 1 N–H and O–H groups in total. The first kappa shape index (κ1) is 14.5. The predicted octanol–water partition coefficient (Wildman–Crippen LogP) is 1.83. The van der Waals surface area contributed by atoms with Gasteiger partial charge in [0, 0.05) is 31.5 Å². The Kier molecular flexibility index (Phi) is 3.50. The van der Waals surface area contributed by atoms with Crippen LogP contribution in [0.1, 0.15) is 24.4 Å². The molecular formula is C17H16N6O. The molecule has 120 valence electrons. The average Bonchev–Trinajstić information content (AvgIpc) is 2.98. The first-order valence-corrected chi connectivity index (χ1v) is 7.92. The maximum Gasteiger partial charge on any atom is 0.327 e. The first-order chi connectivity index (χ1) is 11.8. The number of nitrogens with one attached hydrogen (secondary N) is 1. The lowest BCUT2D eigenvalue weighted by Gasteiger charge is -2.33. The lowest BCUT2D eigenvalue weighted by atomic mass is 10.0. The van der Waals surface area contributed by atoms with Crippen LogP contribution in [0.5, 0.6) is 0 Å². The number of fused-ring (bicyclic) bond motifs is 1. The van der Waals surface area contributed by atoms with Gasteiger partial charge in [0.15, 0.2) is 5.65 Å². The van der Waals surface area contributed by atoms with Crippen molar-refractivity contribution in [3.05, 3.63) is 52.7 Å². The standard InChI is InChI=1S/C17H16N6O/c18-10-12-3-4-15(20-11-12)22-8-5-13(6-9-22)23-16-14(21-17(23)24)2-1-7-19-16/h1-4,7,11,13H,5-6,8-9H2,(H,21,24). The Bertz CT molecular complexity index is 957. The minimum absolute atomic E-state index is 0.0985. The second-order valence-corrected chi connectivity index (χ2v) is 5.91. The SMILES string of the molecule is N#Cc1ccc(N2CCC(n3c(=O)[nH]c4cccnc43)CC2)nc1. The molecule has 0 atom stereocenters. The summed E-state index contributed by atoms with van der Waals surface area (Å²) >= 11 is 0. The van der Waals surface area contributed by atoms with Crippen molar-refractivity contribution in [1.82, 2.24) is 19.5 Å². The zero-order valence-corrected chi connectivity index (χ0v) is 13.0. The van der Waals surface area contributed by atoms with Gasteiger partial charge >= 0.3 is 5.69 Å². The molecule has 3 aromatic rings. The molecule has 0 radical (unpaired) electrons. The molecule has 1 aliphatic heterocycles. The van der Waals surface area contributed by atoms with Gasteiger partial charge in [-0.15, -0.1) is 0 Å². The third-order valence-corrected chi connectivity index (χ3v) is 4.51. The van der Waals surface area contributed by atoms with Crippen LogP contribution >= 0.6 is 0 Å². The van der Waals surface area contributed by atoms with Crippen molar-refractivity contribution < 1.29 is 0 Å². The molecule has 1 aliphatic rings. The number of nitrogens with zero attached hydrogens (tertiary/aromatic N) is 5. The van der Waals surface area contributed by atoms with Gasteiger partial charge in [0.2, 0.25) is 0 Å². The Hall–Kier alpha value is -3.14. The molecule has 0 aliphatic carbocycles. The zero-order valence-electron chi connectivity index (χ0n) is 13.0. The highest BCUT2D eigenvalue weighted by atomic mass is 16.1. The molecule has 0 amide bonds. The Morgan fingerprint density at radius 1 is 1.21 bits per heavy atom. The molecular weight excluding hydrogens is 304 g/mol. The van der Waals surface area contributed by atoms with Crippen LogP contribution in [0.15, 0.2) is 41.5 Å². The van der Waals surface area contributed by atoms with E-state index in [-0.39, 0.29) is 11.7 Å². The average molecular weight is 320 g/mol. The number of aromatic nitrogens is 4. The van der Waals surface area contributed by atoms with Crippen LogP contribution in [0.2, 0.25) is 0 Å². The molecule has 0 bridgehead atoms. The highest BCUT2D eigenvalue weighted by molar-refractivity contribution is 5.70. The van der Waals surface area contributed by atoms with Crippen LogP contribution in [-0.2, 0) is 0 Å². The molecule has 3 aromatic heterocycles. The van der Waals surface area contributed by atoms with Crippen molar-refractivity contribution in [2.45, 2.75) is 18.9 Å². The number of pyridine rings is 2. The summed E-state index contributed by atoms with van der Waals surface area (Å²) in [6.07, 6.45) is 5.01. The van der Waals surface area contributed by atoms with E-state index in [9.17, 15) is 4.79 Å². The van der Waals surface area contributed by atoms with Gasteiger partial charge in [-0.2, -0.15) is 5.26 Å². The molecule has 0 unspecified atom stereocenters. The van der Waals surface area contributed by atoms with E-state index in [1.54, 1.807) is 23.0 Å². The van der Waals surface area contributed by atoms with Crippen LogP contribution in [0.25, 0.3) is 11.2 Å². The number of piperidine rings is 1. The van der Waals surface area contributed by atoms with Crippen molar-refractivity contribution >= 4 is 17.0 Å². The highest BCUT2D eigenvalue weighted by Gasteiger charge is 2.24. The van der Waals surface area contributed by atoms with Gasteiger partial charge in [0.05, 0.1) is 11.1 Å². The monoisotopic (exact) mass is 320 g/mol. The number of anilines is 1. The van der Waals surface area contributed by atoms with E-state index >= 15 is 0 Å². The van der Waals surface area contributed by atoms with Gasteiger partial charge in [0.1, 0.15) is 11.9 Å². The van der Waals surface area contributed by atoms with Gasteiger partial charge in [-0.25, -0.2) is 14.8 Å². The van der Waals surface area contributed by atoms with Crippen molar-refractivity contribution in [3.8, 4) is 6.07 Å². The summed E-state index contributed by atoms with van der Waals surface area (Å²) < 4.78 is 1.78. The van der Waals surface area contributed by atoms with Gasteiger partial charge in [0.25, 0.3) is 0 Å². The van der Waals surface area contributed by atoms with Crippen molar-refractivity contribution in [2.75, 3.05) is 18.0 Å². The lowest BCUT2D eigenvalue weighted by Crippen LogP contribution is -2.37. The maximum atomic E-state index is 12.3. The van der Waals surface area contributed by atoms with Crippen LogP contribution in [0.4, 0.5) is 5.82 Å². The molecule has 1 saturated heterocycles. The summed E-state index contributed by atoms with van der Waals surface area (Å²) in [6, 6.07) is 9.56. The summed E-state index contributed by atoms with van der Waals surface area (Å²) in [7, 11) is 0. The molecule has 0 spiro atoms. The Morgan fingerprint density at radius 3 is 2.75 bits per heavy atom. The summed E-state index contributed by atoms with van der Waals surface area (Å²) in [5, 5.41) is 8.85. The maximum absolute atomic E-state index is 12.3. The van der Waals surface area contributed by atoms with E-state index in [2.05, 4.69) is 25.9 Å². The molecule has 4 heterocycles. The van der Waals surface area contributed by atoms with Crippen molar-refractivity contribution in [2.24, 2.45) is 0 Å². The molecule has 7 nitrogen and oxygen atoms in total. The smallest absolute Gasteiger partial charge is 0.327 e. The van der Waals surface area contributed by atoms with Gasteiger partial charge in [-0.05, 0) is 37.1 Å². The number of hydrogen-bond donors (Lipinski definition) is 1. The van der Waals surface area contributed by atoms with E-state index in [0.717, 1.165) is 42.9 Å². The van der Waals surface area contributed by atoms with Crippen LogP contribution in [-0.4, -0.2) is 32.6 Å². The minimum Gasteiger partial charge on any atom is -0.356 e. The second kappa shape index (κ2) is 5.81. The van der Waals surface area contributed by atoms with E-state index in [1.807, 2.05) is 18.2 Å². The van der Waals surface area contributed by atoms with E-state index in [1.165, 1.54) is 0 Å². The predicted molar refractivity (Wildman–Crippen MR) is 89.8 cm³/mol. The van der Waals surface area contributed by atoms with Crippen LogP contribution in [0, 0.1) is 11.3 Å². The third-order valence-electron chi connectivity index (χ3n) is 4.51. The zero-order chi connectivity index (χ0) is 16.5. The molecule has 0 saturated carbocycles. The minimum atomic E-state index is -0.0985. The molecule has 0 aromatic carbocycles. The summed E-state index contributed by atoms with van der Waals surface area (Å²) in [4.78, 5) is 26.0. The van der Waals surface area contributed by atoms with E-state index in [4.69, 9.17) is 5.26 Å². The van der Waals surface area contributed by atoms with Crippen molar-refractivity contribution in [3.63, 3.8) is 0 Å². The number of aromatic amines is 1. The number of H-pyrrole nitrogens is 1. The fraction of sp³-hybridized carbons (Fsp3) is 0.294. The number of hydrogen-bond acceptors (Lipinski definition) is 5. The van der Waals surface area contributed by atoms with Gasteiger partial charge in [-0.1, -0.05) is 0 Å². The molecule has 4 rings (SSSR count). The summed E-state index contributed by atoms with van der Waals surface area (Å²) in [5.74, 6) is 0.872. The van der Waals surface area contributed by atoms with Gasteiger partial charge < -0.3 is 9.88 Å². The normalized spacial score (nSPS) is 15.5. The topological polar surface area (TPSA) is 90.6 Å². The fourth-order valence-corrected chi connectivity index (χ4v) is 3.29. The summed E-state index contributed by atoms with van der Waals surface area (Å²) in [5.41, 5.74) is 1.96. The highest BCUT2D eigenvalue weighted by Crippen LogP contribution is 2.26. The fourth-order valence-electron chi connectivity index (χ4n) is 3.29. The second-order valence-electron chi connectivity index (χ2n) is 5.91. The van der Waals surface area contributed by atoms with E-state index in [0.29, 0.717) is 5.56 Å². The van der Waals surface area contributed by atoms with Crippen LogP contribution < -0.4 is 10.6 Å². The number of nitriles is 1.